The maximum Gasteiger partial charge on any atom is 0.422 e. The topological polar surface area (TPSA) is 103 Å². The fourth-order valence-electron chi connectivity index (χ4n) is 3.85. The third-order valence-corrected chi connectivity index (χ3v) is 6.11. The number of nitriles is 1. The van der Waals surface area contributed by atoms with Gasteiger partial charge in [-0.25, -0.2) is 9.78 Å². The Kier molecular flexibility index (Phi) is 7.11. The van der Waals surface area contributed by atoms with Gasteiger partial charge >= 0.3 is 12.1 Å². The number of hydrogen-bond donors (Lipinski definition) is 2. The highest BCUT2D eigenvalue weighted by Crippen LogP contribution is 2.50. The molecule has 1 aromatic heterocycles. The number of carboxylic acid groups (broad SMARTS) is 1. The molecule has 0 bridgehead atoms. The number of rotatable bonds is 6. The van der Waals surface area contributed by atoms with Crippen LogP contribution >= 0.6 is 11.6 Å². The molecule has 2 aromatic carbocycles. The van der Waals surface area contributed by atoms with Crippen molar-refractivity contribution in [2.75, 3.05) is 0 Å². The Morgan fingerprint density at radius 3 is 2.23 bits per heavy atom. The van der Waals surface area contributed by atoms with Crippen LogP contribution in [-0.2, 0) is 5.60 Å². The Hall–Kier alpha value is -3.61. The van der Waals surface area contributed by atoms with E-state index in [4.69, 9.17) is 21.4 Å². The molecule has 0 amide bonds. The van der Waals surface area contributed by atoms with Crippen LogP contribution in [0.5, 0.6) is 11.6 Å². The summed E-state index contributed by atoms with van der Waals surface area (Å²) < 4.78 is 48.5. The molecule has 0 fully saturated rings. The molecule has 0 saturated carbocycles. The number of aromatic carboxylic acids is 1. The van der Waals surface area contributed by atoms with E-state index in [0.29, 0.717) is 11.1 Å². The summed E-state index contributed by atoms with van der Waals surface area (Å²) in [6.45, 7) is 4.23. The summed E-state index contributed by atoms with van der Waals surface area (Å²) in [5.74, 6) is -2.47. The molecule has 6 nitrogen and oxygen atoms in total. The van der Waals surface area contributed by atoms with Gasteiger partial charge < -0.3 is 14.9 Å². The summed E-state index contributed by atoms with van der Waals surface area (Å²) in [6, 6.07) is 10.9. The first-order valence-electron chi connectivity index (χ1n) is 10.3. The van der Waals surface area contributed by atoms with E-state index >= 15 is 0 Å². The number of pyridine rings is 1. The van der Waals surface area contributed by atoms with Gasteiger partial charge in [0.25, 0.3) is 0 Å². The second-order valence-electron chi connectivity index (χ2n) is 8.06. The van der Waals surface area contributed by atoms with Crippen LogP contribution in [0.25, 0.3) is 0 Å². The van der Waals surface area contributed by atoms with Gasteiger partial charge in [0.15, 0.2) is 5.60 Å². The molecule has 0 spiro atoms. The normalized spacial score (nSPS) is 14.0. The summed E-state index contributed by atoms with van der Waals surface area (Å²) in [4.78, 5) is 14.8. The Balaban J connectivity index is 1.99. The average molecular weight is 505 g/mol. The fourth-order valence-corrected chi connectivity index (χ4v) is 4.19. The predicted octanol–water partition coefficient (Wildman–Crippen LogP) is 6.27. The largest absolute Gasteiger partial charge is 0.478 e. The van der Waals surface area contributed by atoms with Crippen LogP contribution in [0.4, 0.5) is 13.2 Å². The smallest absolute Gasteiger partial charge is 0.422 e. The Morgan fingerprint density at radius 2 is 1.77 bits per heavy atom. The van der Waals surface area contributed by atoms with Crippen LogP contribution in [0.3, 0.4) is 0 Å². The zero-order chi connectivity index (χ0) is 26.1. The van der Waals surface area contributed by atoms with Crippen molar-refractivity contribution < 1.29 is 32.9 Å². The first-order chi connectivity index (χ1) is 16.3. The Labute approximate surface area is 204 Å². The molecule has 10 heteroatoms. The van der Waals surface area contributed by atoms with E-state index < -0.39 is 29.2 Å². The lowest BCUT2D eigenvalue weighted by atomic mass is 9.76. The molecule has 2 N–H and O–H groups in total. The molecular weight excluding hydrogens is 485 g/mol. The van der Waals surface area contributed by atoms with Crippen LogP contribution < -0.4 is 4.74 Å². The van der Waals surface area contributed by atoms with Crippen LogP contribution in [0, 0.1) is 25.2 Å². The first kappa shape index (κ1) is 26.0. The van der Waals surface area contributed by atoms with Crippen molar-refractivity contribution in [2.45, 2.75) is 38.5 Å². The zero-order valence-corrected chi connectivity index (χ0v) is 19.6. The lowest BCUT2D eigenvalue weighted by molar-refractivity contribution is -0.274. The lowest BCUT2D eigenvalue weighted by Crippen LogP contribution is -2.46. The van der Waals surface area contributed by atoms with Crippen LogP contribution in [0.1, 0.15) is 51.0 Å². The second-order valence-corrected chi connectivity index (χ2v) is 8.47. The fraction of sp³-hybridized carbons (Fsp3) is 0.240. The highest BCUT2D eigenvalue weighted by atomic mass is 35.5. The third-order valence-electron chi connectivity index (χ3n) is 5.79. The maximum absolute atomic E-state index is 14.3. The summed E-state index contributed by atoms with van der Waals surface area (Å²) in [5, 5.41) is 29.2. The number of aliphatic hydroxyl groups is 1. The van der Waals surface area contributed by atoms with E-state index in [9.17, 15) is 28.3 Å². The number of aromatic nitrogens is 1. The average Bonchev–Trinajstić information content (AvgIpc) is 2.77. The number of hydrogen-bond acceptors (Lipinski definition) is 5. The third kappa shape index (κ3) is 4.94. The van der Waals surface area contributed by atoms with Crippen LogP contribution in [-0.4, -0.2) is 27.3 Å². The molecular formula is C25H20ClF3N2O4. The van der Waals surface area contributed by atoms with Gasteiger partial charge in [-0.15, -0.1) is 0 Å². The summed E-state index contributed by atoms with van der Waals surface area (Å²) in [7, 11) is 0. The molecule has 0 aliphatic carbocycles. The van der Waals surface area contributed by atoms with Gasteiger partial charge in [-0.1, -0.05) is 36.7 Å². The highest BCUT2D eigenvalue weighted by Gasteiger charge is 2.59. The Morgan fingerprint density at radius 1 is 1.14 bits per heavy atom. The number of halogens is 4. The van der Waals surface area contributed by atoms with E-state index in [0.717, 1.165) is 18.3 Å². The van der Waals surface area contributed by atoms with Gasteiger partial charge in [-0.3, -0.25) is 0 Å². The molecule has 0 unspecified atom stereocenters. The number of carboxylic acids is 1. The molecule has 3 rings (SSSR count). The van der Waals surface area contributed by atoms with Crippen molar-refractivity contribution in [3.05, 3.63) is 87.1 Å². The van der Waals surface area contributed by atoms with E-state index in [1.165, 1.54) is 51.1 Å². The molecule has 35 heavy (non-hydrogen) atoms. The van der Waals surface area contributed by atoms with Crippen molar-refractivity contribution in [1.29, 1.82) is 5.26 Å². The molecule has 0 saturated heterocycles. The maximum atomic E-state index is 14.3. The number of aryl methyl sites for hydroxylation is 2. The molecule has 0 aliphatic rings. The molecule has 1 heterocycles. The lowest BCUT2D eigenvalue weighted by Gasteiger charge is -2.37. The number of alkyl halides is 3. The van der Waals surface area contributed by atoms with Crippen LogP contribution in [0.15, 0.2) is 48.7 Å². The second kappa shape index (κ2) is 9.56. The minimum absolute atomic E-state index is 0.0210. The summed E-state index contributed by atoms with van der Waals surface area (Å²) in [5.41, 5.74) is -2.84. The summed E-state index contributed by atoms with van der Waals surface area (Å²) in [6.07, 6.45) is -3.96. The zero-order valence-electron chi connectivity index (χ0n) is 18.8. The van der Waals surface area contributed by atoms with Gasteiger partial charge in [0.1, 0.15) is 5.75 Å². The van der Waals surface area contributed by atoms with E-state index in [1.807, 2.05) is 6.07 Å². The van der Waals surface area contributed by atoms with Gasteiger partial charge in [0.05, 0.1) is 17.2 Å². The van der Waals surface area contributed by atoms with Gasteiger partial charge in [-0.05, 0) is 54.3 Å². The van der Waals surface area contributed by atoms with Crippen molar-refractivity contribution in [3.63, 3.8) is 0 Å². The first-order valence-corrected chi connectivity index (χ1v) is 10.6. The number of ether oxygens (including phenoxy) is 1. The van der Waals surface area contributed by atoms with Crippen molar-refractivity contribution in [3.8, 4) is 17.7 Å². The standard InChI is InChI=1S/C25H20ClF3N2O4/c1-13-8-17(9-14(2)20(13)11-30)24(34,25(27,28)29)15(3)19-6-5-18(10-21(19)26)35-22-7-4-16(12-31-22)23(32)33/h4-10,12,15,34H,1-3H3,(H,32,33)/t15-,24-/m0/s1. The monoisotopic (exact) mass is 504 g/mol. The molecule has 0 aliphatic heterocycles. The van der Waals surface area contributed by atoms with Crippen molar-refractivity contribution in [1.82, 2.24) is 4.98 Å². The van der Waals surface area contributed by atoms with Crippen LogP contribution in [0.2, 0.25) is 5.02 Å². The SMILES string of the molecule is Cc1cc([C@@](O)([C@@H](C)c2ccc(Oc3ccc(C(=O)O)cn3)cc2Cl)C(F)(F)F)cc(C)c1C#N. The molecule has 2 atom stereocenters. The minimum Gasteiger partial charge on any atom is -0.478 e. The summed E-state index contributed by atoms with van der Waals surface area (Å²) >= 11 is 6.31. The minimum atomic E-state index is -5.06. The quantitative estimate of drug-likeness (QED) is 0.410. The molecule has 182 valence electrons. The van der Waals surface area contributed by atoms with Gasteiger partial charge in [0, 0.05) is 23.2 Å². The van der Waals surface area contributed by atoms with E-state index in [1.54, 1.807) is 0 Å². The number of carbonyl (C=O) groups is 1. The number of nitrogens with zero attached hydrogens (tertiary/aromatic N) is 2. The molecule has 0 radical (unpaired) electrons. The van der Waals surface area contributed by atoms with Gasteiger partial charge in [0.2, 0.25) is 5.88 Å². The Bertz CT molecular complexity index is 1300. The highest BCUT2D eigenvalue weighted by molar-refractivity contribution is 6.31. The van der Waals surface area contributed by atoms with E-state index in [2.05, 4.69) is 4.98 Å². The van der Waals surface area contributed by atoms with Crippen molar-refractivity contribution in [2.24, 2.45) is 0 Å². The molecule has 3 aromatic rings. The predicted molar refractivity (Wildman–Crippen MR) is 122 cm³/mol. The van der Waals surface area contributed by atoms with Crippen molar-refractivity contribution >= 4 is 17.6 Å². The van der Waals surface area contributed by atoms with E-state index in [-0.39, 0.29) is 33.3 Å². The number of benzene rings is 2. The van der Waals surface area contributed by atoms with Gasteiger partial charge in [-0.2, -0.15) is 18.4 Å².